The number of nitrogens with two attached hydrogens (primary N) is 1. The van der Waals surface area contributed by atoms with Crippen LogP contribution in [0.25, 0.3) is 33.1 Å². The Kier molecular flexibility index (Phi) is 4.43. The molecule has 0 aliphatic carbocycles. The van der Waals surface area contributed by atoms with Crippen LogP contribution in [0.15, 0.2) is 67.1 Å². The minimum Gasteiger partial charge on any atom is -0.399 e. The molecule has 3 heterocycles. The third kappa shape index (κ3) is 3.40. The van der Waals surface area contributed by atoms with Gasteiger partial charge in [-0.3, -0.25) is 14.9 Å². The van der Waals surface area contributed by atoms with E-state index in [1.807, 2.05) is 48.7 Å². The fourth-order valence-electron chi connectivity index (χ4n) is 3.77. The molecule has 0 aliphatic rings. The molecule has 1 amide bonds. The number of fused-ring (bicyclic) bond motifs is 2. The lowest BCUT2D eigenvalue weighted by atomic mass is 10.1. The number of nitrogens with one attached hydrogen (secondary N) is 2. The van der Waals surface area contributed by atoms with Crippen molar-refractivity contribution in [2.45, 2.75) is 19.9 Å². The van der Waals surface area contributed by atoms with Gasteiger partial charge in [-0.25, -0.2) is 0 Å². The number of H-pyrrole nitrogens is 1. The molecule has 0 saturated carbocycles. The topological polar surface area (TPSA) is 102 Å². The highest BCUT2D eigenvalue weighted by Gasteiger charge is 2.19. The van der Waals surface area contributed by atoms with E-state index in [1.54, 1.807) is 12.4 Å². The monoisotopic (exact) mass is 410 g/mol. The van der Waals surface area contributed by atoms with Gasteiger partial charge < -0.3 is 15.6 Å². The van der Waals surface area contributed by atoms with Crippen molar-refractivity contribution in [3.05, 3.63) is 72.7 Å². The van der Waals surface area contributed by atoms with Gasteiger partial charge in [-0.2, -0.15) is 5.10 Å². The van der Waals surface area contributed by atoms with Gasteiger partial charge >= 0.3 is 0 Å². The largest absolute Gasteiger partial charge is 0.399 e. The van der Waals surface area contributed by atoms with Crippen LogP contribution in [0.5, 0.6) is 0 Å². The number of anilines is 2. The van der Waals surface area contributed by atoms with Gasteiger partial charge in [0.05, 0.1) is 22.8 Å². The van der Waals surface area contributed by atoms with Crippen molar-refractivity contribution >= 4 is 39.2 Å². The highest BCUT2D eigenvalue weighted by molar-refractivity contribution is 6.12. The number of pyridine rings is 1. The van der Waals surface area contributed by atoms with Gasteiger partial charge in [0, 0.05) is 40.8 Å². The zero-order valence-corrected chi connectivity index (χ0v) is 17.3. The SMILES string of the molecule is CC(C)n1cc(C(=O)Nc2ccc3[nH]ncc3c2)c2ncc(-c3ccc(N)cc3)cc21. The number of carbonyl (C=O) groups is 1. The summed E-state index contributed by atoms with van der Waals surface area (Å²) >= 11 is 0. The Morgan fingerprint density at radius 1 is 1.06 bits per heavy atom. The van der Waals surface area contributed by atoms with Crippen LogP contribution >= 0.6 is 0 Å². The summed E-state index contributed by atoms with van der Waals surface area (Å²) in [4.78, 5) is 17.8. The number of amides is 1. The molecule has 31 heavy (non-hydrogen) atoms. The van der Waals surface area contributed by atoms with E-state index in [9.17, 15) is 4.79 Å². The Hall–Kier alpha value is -4.13. The van der Waals surface area contributed by atoms with Crippen molar-refractivity contribution < 1.29 is 4.79 Å². The molecule has 154 valence electrons. The molecule has 3 aromatic heterocycles. The fraction of sp³-hybridized carbons (Fsp3) is 0.125. The highest BCUT2D eigenvalue weighted by atomic mass is 16.1. The Morgan fingerprint density at radius 2 is 1.87 bits per heavy atom. The molecule has 0 aliphatic heterocycles. The lowest BCUT2D eigenvalue weighted by molar-refractivity contribution is 0.102. The normalized spacial score (nSPS) is 11.5. The molecule has 0 bridgehead atoms. The maximum atomic E-state index is 13.1. The van der Waals surface area contributed by atoms with E-state index in [0.29, 0.717) is 16.8 Å². The van der Waals surface area contributed by atoms with Gasteiger partial charge in [-0.15, -0.1) is 0 Å². The number of hydrogen-bond acceptors (Lipinski definition) is 4. The van der Waals surface area contributed by atoms with Crippen LogP contribution in [0.2, 0.25) is 0 Å². The standard InChI is InChI=1S/C24H22N6O/c1-14(2)30-13-20(24(31)28-19-7-8-21-17(9-19)12-27-29-21)23-22(30)10-16(11-26-23)15-3-5-18(25)6-4-15/h3-14H,25H2,1-2H3,(H,27,29)(H,28,31). The number of nitrogens with zero attached hydrogens (tertiary/aromatic N) is 3. The molecule has 4 N–H and O–H groups in total. The Bertz CT molecular complexity index is 1410. The molecule has 2 aromatic carbocycles. The molecule has 0 unspecified atom stereocenters. The molecule has 0 radical (unpaired) electrons. The summed E-state index contributed by atoms with van der Waals surface area (Å²) in [5, 5.41) is 10.9. The van der Waals surface area contributed by atoms with Crippen LogP contribution in [0.4, 0.5) is 11.4 Å². The van der Waals surface area contributed by atoms with Gasteiger partial charge in [0.15, 0.2) is 0 Å². The molecule has 0 saturated heterocycles. The Balaban J connectivity index is 1.54. The third-order valence-electron chi connectivity index (χ3n) is 5.41. The van der Waals surface area contributed by atoms with Crippen LogP contribution in [0, 0.1) is 0 Å². The third-order valence-corrected chi connectivity index (χ3v) is 5.41. The van der Waals surface area contributed by atoms with Crippen LogP contribution < -0.4 is 11.1 Å². The molecule has 0 spiro atoms. The summed E-state index contributed by atoms with van der Waals surface area (Å²) in [6.07, 6.45) is 5.41. The number of aromatic amines is 1. The van der Waals surface area contributed by atoms with E-state index in [-0.39, 0.29) is 11.9 Å². The number of carbonyl (C=O) groups excluding carboxylic acids is 1. The summed E-state index contributed by atoms with van der Waals surface area (Å²) < 4.78 is 2.08. The summed E-state index contributed by atoms with van der Waals surface area (Å²) in [7, 11) is 0. The summed E-state index contributed by atoms with van der Waals surface area (Å²) in [5.74, 6) is -0.194. The molecule has 0 atom stereocenters. The second-order valence-electron chi connectivity index (χ2n) is 7.88. The number of hydrogen-bond donors (Lipinski definition) is 3. The fourth-order valence-corrected chi connectivity index (χ4v) is 3.77. The zero-order valence-electron chi connectivity index (χ0n) is 17.3. The quantitative estimate of drug-likeness (QED) is 0.363. The minimum absolute atomic E-state index is 0.176. The predicted octanol–water partition coefficient (Wildman–Crippen LogP) is 5.00. The number of aromatic nitrogens is 4. The Labute approximate surface area is 178 Å². The summed E-state index contributed by atoms with van der Waals surface area (Å²) in [5.41, 5.74) is 12.3. The van der Waals surface area contributed by atoms with E-state index in [0.717, 1.165) is 33.2 Å². The van der Waals surface area contributed by atoms with Gasteiger partial charge in [-0.1, -0.05) is 12.1 Å². The minimum atomic E-state index is -0.194. The maximum Gasteiger partial charge on any atom is 0.259 e. The van der Waals surface area contributed by atoms with E-state index in [4.69, 9.17) is 5.73 Å². The predicted molar refractivity (Wildman–Crippen MR) is 124 cm³/mol. The van der Waals surface area contributed by atoms with Crippen LogP contribution in [0.1, 0.15) is 30.2 Å². The van der Waals surface area contributed by atoms with E-state index in [1.165, 1.54) is 0 Å². The number of benzene rings is 2. The lowest BCUT2D eigenvalue weighted by Gasteiger charge is -2.10. The smallest absolute Gasteiger partial charge is 0.259 e. The number of rotatable bonds is 4. The first-order chi connectivity index (χ1) is 15.0. The molecule has 5 rings (SSSR count). The first-order valence-corrected chi connectivity index (χ1v) is 10.1. The molecule has 7 nitrogen and oxygen atoms in total. The van der Waals surface area contributed by atoms with Crippen molar-refractivity contribution in [1.29, 1.82) is 0 Å². The molecule has 7 heteroatoms. The molecular weight excluding hydrogens is 388 g/mol. The zero-order chi connectivity index (χ0) is 21.5. The second kappa shape index (κ2) is 7.28. The average Bonchev–Trinajstić information content (AvgIpc) is 3.38. The molecule has 0 fully saturated rings. The summed E-state index contributed by atoms with van der Waals surface area (Å²) in [6.45, 7) is 4.17. The highest BCUT2D eigenvalue weighted by Crippen LogP contribution is 2.29. The first-order valence-electron chi connectivity index (χ1n) is 10.1. The van der Waals surface area contributed by atoms with Crippen LogP contribution in [-0.2, 0) is 0 Å². The van der Waals surface area contributed by atoms with Crippen molar-refractivity contribution in [3.8, 4) is 11.1 Å². The second-order valence-corrected chi connectivity index (χ2v) is 7.88. The van der Waals surface area contributed by atoms with Gasteiger partial charge in [0.2, 0.25) is 0 Å². The van der Waals surface area contributed by atoms with Crippen molar-refractivity contribution in [3.63, 3.8) is 0 Å². The lowest BCUT2D eigenvalue weighted by Crippen LogP contribution is -2.11. The van der Waals surface area contributed by atoms with Gasteiger partial charge in [0.1, 0.15) is 5.52 Å². The van der Waals surface area contributed by atoms with Gasteiger partial charge in [0.25, 0.3) is 5.91 Å². The number of nitrogen functional groups attached to an aromatic ring is 1. The van der Waals surface area contributed by atoms with E-state index < -0.39 is 0 Å². The Morgan fingerprint density at radius 3 is 2.65 bits per heavy atom. The van der Waals surface area contributed by atoms with Crippen LogP contribution in [0.3, 0.4) is 0 Å². The van der Waals surface area contributed by atoms with E-state index >= 15 is 0 Å². The molecule has 5 aromatic rings. The van der Waals surface area contributed by atoms with Gasteiger partial charge in [-0.05, 0) is 55.8 Å². The summed E-state index contributed by atoms with van der Waals surface area (Å²) in [6, 6.07) is 15.6. The average molecular weight is 410 g/mol. The van der Waals surface area contributed by atoms with Crippen molar-refractivity contribution in [2.24, 2.45) is 0 Å². The maximum absolute atomic E-state index is 13.1. The molecular formula is C24H22N6O. The van der Waals surface area contributed by atoms with Crippen molar-refractivity contribution in [1.82, 2.24) is 19.7 Å². The van der Waals surface area contributed by atoms with Crippen LogP contribution in [-0.4, -0.2) is 25.7 Å². The first kappa shape index (κ1) is 18.9. The van der Waals surface area contributed by atoms with E-state index in [2.05, 4.69) is 45.0 Å². The van der Waals surface area contributed by atoms with Crippen molar-refractivity contribution in [2.75, 3.05) is 11.1 Å².